The van der Waals surface area contributed by atoms with Gasteiger partial charge in [0.05, 0.1) is 19.2 Å². The van der Waals surface area contributed by atoms with E-state index in [1.54, 1.807) is 25.3 Å². The number of nitrogens with zero attached hydrogens (tertiary/aromatic N) is 1. The molecule has 0 saturated heterocycles. The highest BCUT2D eigenvalue weighted by atomic mass is 35.5. The van der Waals surface area contributed by atoms with Crippen molar-refractivity contribution in [1.82, 2.24) is 4.90 Å². The van der Waals surface area contributed by atoms with Crippen molar-refractivity contribution in [3.8, 4) is 17.2 Å². The maximum absolute atomic E-state index is 14.0. The van der Waals surface area contributed by atoms with Gasteiger partial charge in [-0.05, 0) is 60.9 Å². The second kappa shape index (κ2) is 11.3. The van der Waals surface area contributed by atoms with Crippen LogP contribution in [0.4, 0.5) is 4.39 Å². The number of methoxy groups -OCH3 is 2. The summed E-state index contributed by atoms with van der Waals surface area (Å²) in [5, 5.41) is 9.51. The second-order valence-electron chi connectivity index (χ2n) is 9.54. The number of carboxylic acid groups (broad SMARTS) is 1. The molecule has 0 aliphatic carbocycles. The highest BCUT2D eigenvalue weighted by Gasteiger charge is 2.38. The summed E-state index contributed by atoms with van der Waals surface area (Å²) in [6, 6.07) is 15.3. The number of ether oxygens (including phenoxy) is 3. The molecule has 0 unspecified atom stereocenters. The minimum Gasteiger partial charge on any atom is -0.497 e. The van der Waals surface area contributed by atoms with Crippen LogP contribution in [-0.4, -0.2) is 54.8 Å². The first-order valence-corrected chi connectivity index (χ1v) is 12.5. The number of carbonyl (C=O) groups excluding carboxylic acids is 1. The average Bonchev–Trinajstić information content (AvgIpc) is 3.23. The quantitative estimate of drug-likeness (QED) is 0.380. The van der Waals surface area contributed by atoms with E-state index in [9.17, 15) is 19.1 Å². The Balaban J connectivity index is 1.55. The molecule has 0 aromatic heterocycles. The Kier molecular flexibility index (Phi) is 8.11. The Hall–Kier alpha value is -3.78. The van der Waals surface area contributed by atoms with Crippen LogP contribution in [0.2, 0.25) is 5.02 Å². The van der Waals surface area contributed by atoms with Gasteiger partial charge in [0.25, 0.3) is 5.91 Å². The molecule has 1 amide bonds. The molecule has 3 aromatic carbocycles. The Morgan fingerprint density at radius 2 is 1.79 bits per heavy atom. The Morgan fingerprint density at radius 3 is 2.42 bits per heavy atom. The van der Waals surface area contributed by atoms with E-state index in [1.165, 1.54) is 24.1 Å². The summed E-state index contributed by atoms with van der Waals surface area (Å²) in [4.78, 5) is 26.4. The molecule has 9 heteroatoms. The van der Waals surface area contributed by atoms with Gasteiger partial charge in [-0.25, -0.2) is 4.39 Å². The van der Waals surface area contributed by atoms with E-state index >= 15 is 0 Å². The summed E-state index contributed by atoms with van der Waals surface area (Å²) in [5.41, 5.74) is 2.04. The molecule has 0 radical (unpaired) electrons. The van der Waals surface area contributed by atoms with Crippen LogP contribution in [0.25, 0.3) is 0 Å². The summed E-state index contributed by atoms with van der Waals surface area (Å²) >= 11 is 5.82. The number of fused-ring (bicyclic) bond motifs is 1. The highest BCUT2D eigenvalue weighted by Crippen LogP contribution is 2.44. The van der Waals surface area contributed by atoms with Crippen LogP contribution in [0.3, 0.4) is 0 Å². The topological polar surface area (TPSA) is 85.3 Å². The van der Waals surface area contributed by atoms with Crippen LogP contribution < -0.4 is 14.2 Å². The number of rotatable bonds is 10. The second-order valence-corrected chi connectivity index (χ2v) is 9.95. The summed E-state index contributed by atoms with van der Waals surface area (Å²) < 4.78 is 31.0. The molecule has 0 spiro atoms. The lowest BCUT2D eigenvalue weighted by atomic mass is 9.91. The molecule has 1 atom stereocenters. The molecule has 0 fully saturated rings. The van der Waals surface area contributed by atoms with Crippen LogP contribution in [0.5, 0.6) is 17.2 Å². The first-order valence-electron chi connectivity index (χ1n) is 12.1. The van der Waals surface area contributed by atoms with Gasteiger partial charge >= 0.3 is 5.97 Å². The van der Waals surface area contributed by atoms with Gasteiger partial charge in [0.1, 0.15) is 23.7 Å². The van der Waals surface area contributed by atoms with Crippen molar-refractivity contribution >= 4 is 23.5 Å². The van der Waals surface area contributed by atoms with E-state index < -0.39 is 29.8 Å². The summed E-state index contributed by atoms with van der Waals surface area (Å²) in [5.74, 6) is -0.413. The zero-order valence-electron chi connectivity index (χ0n) is 21.4. The van der Waals surface area contributed by atoms with E-state index in [1.807, 2.05) is 31.2 Å². The van der Waals surface area contributed by atoms with Crippen LogP contribution in [0, 0.1) is 5.82 Å². The fourth-order valence-electron chi connectivity index (χ4n) is 4.70. The highest BCUT2D eigenvalue weighted by molar-refractivity contribution is 6.30. The monoisotopic (exact) mass is 541 g/mol. The molecule has 3 aromatic rings. The molecule has 38 heavy (non-hydrogen) atoms. The summed E-state index contributed by atoms with van der Waals surface area (Å²) in [6.45, 7) is 1.68. The van der Waals surface area contributed by atoms with Gasteiger partial charge in [0.2, 0.25) is 0 Å². The minimum atomic E-state index is -1.10. The molecule has 7 nitrogen and oxygen atoms in total. The number of halogens is 2. The maximum Gasteiger partial charge on any atom is 0.323 e. The van der Waals surface area contributed by atoms with Crippen molar-refractivity contribution in [3.63, 3.8) is 0 Å². The lowest BCUT2D eigenvalue weighted by Crippen LogP contribution is -2.37. The van der Waals surface area contributed by atoms with E-state index in [4.69, 9.17) is 25.8 Å². The normalized spacial score (nSPS) is 15.9. The third kappa shape index (κ3) is 6.19. The lowest BCUT2D eigenvalue weighted by Gasteiger charge is -2.24. The molecular formula is C29H29ClFNO6. The van der Waals surface area contributed by atoms with Crippen LogP contribution in [-0.2, 0) is 24.1 Å². The molecular weight excluding hydrogens is 513 g/mol. The van der Waals surface area contributed by atoms with Crippen molar-refractivity contribution < 1.29 is 33.3 Å². The number of benzene rings is 3. The van der Waals surface area contributed by atoms with Gasteiger partial charge in [-0.3, -0.25) is 9.59 Å². The Labute approximate surface area is 225 Å². The maximum atomic E-state index is 14.0. The Morgan fingerprint density at radius 1 is 1.08 bits per heavy atom. The molecule has 0 saturated carbocycles. The van der Waals surface area contributed by atoms with Crippen LogP contribution >= 0.6 is 11.6 Å². The molecule has 1 heterocycles. The van der Waals surface area contributed by atoms with Crippen molar-refractivity contribution in [2.24, 2.45) is 0 Å². The van der Waals surface area contributed by atoms with Crippen molar-refractivity contribution in [2.45, 2.75) is 31.8 Å². The lowest BCUT2D eigenvalue weighted by molar-refractivity contribution is -0.137. The van der Waals surface area contributed by atoms with Gasteiger partial charge in [0, 0.05) is 30.5 Å². The van der Waals surface area contributed by atoms with Crippen molar-refractivity contribution in [3.05, 3.63) is 87.7 Å². The number of hydrogen-bond acceptors (Lipinski definition) is 5. The number of aliphatic carboxylic acids is 1. The van der Waals surface area contributed by atoms with Gasteiger partial charge in [-0.1, -0.05) is 29.8 Å². The van der Waals surface area contributed by atoms with E-state index in [0.717, 1.165) is 16.7 Å². The Bertz CT molecular complexity index is 1350. The predicted molar refractivity (Wildman–Crippen MR) is 141 cm³/mol. The molecule has 0 bridgehead atoms. The van der Waals surface area contributed by atoms with Gasteiger partial charge in [-0.15, -0.1) is 0 Å². The number of carboxylic acids is 1. The van der Waals surface area contributed by atoms with Gasteiger partial charge < -0.3 is 24.2 Å². The first kappa shape index (κ1) is 27.3. The third-order valence-electron chi connectivity index (χ3n) is 6.52. The largest absolute Gasteiger partial charge is 0.497 e. The molecule has 4 rings (SSSR count). The van der Waals surface area contributed by atoms with E-state index in [2.05, 4.69) is 0 Å². The summed E-state index contributed by atoms with van der Waals surface area (Å²) in [6.07, 6.45) is 1.34. The fourth-order valence-corrected chi connectivity index (χ4v) is 4.82. The van der Waals surface area contributed by atoms with E-state index in [-0.39, 0.29) is 11.6 Å². The minimum absolute atomic E-state index is 0.0530. The molecule has 200 valence electrons. The fraction of sp³-hybridized carbons (Fsp3) is 0.310. The molecule has 1 aliphatic heterocycles. The third-order valence-corrected chi connectivity index (χ3v) is 6.82. The van der Waals surface area contributed by atoms with Crippen LogP contribution in [0.1, 0.15) is 34.0 Å². The van der Waals surface area contributed by atoms with Crippen LogP contribution in [0.15, 0.2) is 54.6 Å². The zero-order valence-corrected chi connectivity index (χ0v) is 22.2. The average molecular weight is 542 g/mol. The van der Waals surface area contributed by atoms with E-state index in [0.29, 0.717) is 42.1 Å². The van der Waals surface area contributed by atoms with Crippen molar-refractivity contribution in [2.75, 3.05) is 27.3 Å². The number of amides is 1. The zero-order chi connectivity index (χ0) is 27.4. The van der Waals surface area contributed by atoms with Crippen molar-refractivity contribution in [1.29, 1.82) is 0 Å². The smallest absolute Gasteiger partial charge is 0.323 e. The van der Waals surface area contributed by atoms with Gasteiger partial charge in [-0.2, -0.15) is 0 Å². The van der Waals surface area contributed by atoms with Gasteiger partial charge in [0.15, 0.2) is 11.5 Å². The molecule has 1 N–H and O–H groups in total. The standard InChI is InChI=1S/C29H29ClFNO6/c1-29(15-19-6-9-23(30)24(31)12-19)16-21-13-20(14-25(37-3)27(21)38-29)28(35)32(17-26(33)34)11-10-18-4-7-22(36-2)8-5-18/h4-9,12-14H,10-11,15-17H2,1-3H3,(H,33,34)/t29-/m1/s1. The number of carbonyl (C=O) groups is 2. The number of hydrogen-bond donors (Lipinski definition) is 1. The SMILES string of the molecule is COc1ccc(CCN(CC(=O)O)C(=O)c2cc3c(c(OC)c2)O[C@](C)(Cc2ccc(Cl)c(F)c2)C3)cc1. The molecule has 1 aliphatic rings. The predicted octanol–water partition coefficient (Wildman–Crippen LogP) is 5.20. The summed E-state index contributed by atoms with van der Waals surface area (Å²) in [7, 11) is 3.06. The first-order chi connectivity index (χ1) is 18.1.